The molecule has 4 heteroatoms. The predicted molar refractivity (Wildman–Crippen MR) is 86.1 cm³/mol. The van der Waals surface area contributed by atoms with Gasteiger partial charge < -0.3 is 5.11 Å². The molecule has 1 saturated carbocycles. The van der Waals surface area contributed by atoms with E-state index in [4.69, 9.17) is 0 Å². The fourth-order valence-electron chi connectivity index (χ4n) is 4.14. The lowest BCUT2D eigenvalue weighted by Gasteiger charge is -2.36. The zero-order chi connectivity index (χ0) is 14.9. The van der Waals surface area contributed by atoms with E-state index in [0.29, 0.717) is 6.54 Å². The van der Waals surface area contributed by atoms with Crippen LogP contribution in [0.1, 0.15) is 37.7 Å². The van der Waals surface area contributed by atoms with Crippen LogP contribution in [0.5, 0.6) is 0 Å². The topological polar surface area (TPSA) is 40.5 Å². The molecule has 1 aliphatic heterocycles. The summed E-state index contributed by atoms with van der Waals surface area (Å²) >= 11 is 3.45. The molecule has 0 bridgehead atoms. The number of hydrogen-bond acceptors (Lipinski definition) is 2. The summed E-state index contributed by atoms with van der Waals surface area (Å²) in [5.41, 5.74) is 1.29. The van der Waals surface area contributed by atoms with Crippen molar-refractivity contribution in [3.63, 3.8) is 0 Å². The molecule has 1 aliphatic carbocycles. The predicted octanol–water partition coefficient (Wildman–Crippen LogP) is 3.92. The Hall–Kier alpha value is -0.870. The van der Waals surface area contributed by atoms with Crippen LogP contribution in [0.4, 0.5) is 0 Å². The van der Waals surface area contributed by atoms with Gasteiger partial charge in [0.15, 0.2) is 0 Å². The van der Waals surface area contributed by atoms with E-state index in [-0.39, 0.29) is 11.3 Å². The van der Waals surface area contributed by atoms with Crippen molar-refractivity contribution in [3.05, 3.63) is 34.3 Å². The van der Waals surface area contributed by atoms with E-state index in [1.54, 1.807) is 0 Å². The standard InChI is InChI=1S/C17H22BrNO2/c18-14-6-4-13(5-7-14)10-19-11-15(16(20)21)17(12-19)8-2-1-3-9-17/h4-7,15H,1-3,8-12H2,(H,20,21)/t15-/m0/s1. The summed E-state index contributed by atoms with van der Waals surface area (Å²) in [6.45, 7) is 2.50. The number of rotatable bonds is 3. The second kappa shape index (κ2) is 6.09. The monoisotopic (exact) mass is 351 g/mol. The quantitative estimate of drug-likeness (QED) is 0.897. The summed E-state index contributed by atoms with van der Waals surface area (Å²) in [4.78, 5) is 14.0. The number of aliphatic carboxylic acids is 1. The Balaban J connectivity index is 1.73. The second-order valence-electron chi connectivity index (χ2n) is 6.61. The van der Waals surface area contributed by atoms with Gasteiger partial charge in [0.1, 0.15) is 0 Å². The minimum Gasteiger partial charge on any atom is -0.481 e. The molecule has 0 amide bonds. The zero-order valence-corrected chi connectivity index (χ0v) is 13.8. The number of carboxylic acid groups (broad SMARTS) is 1. The lowest BCUT2D eigenvalue weighted by molar-refractivity contribution is -0.145. The van der Waals surface area contributed by atoms with Gasteiger partial charge in [-0.15, -0.1) is 0 Å². The van der Waals surface area contributed by atoms with Gasteiger partial charge in [0.25, 0.3) is 0 Å². The highest BCUT2D eigenvalue weighted by atomic mass is 79.9. The van der Waals surface area contributed by atoms with Crippen molar-refractivity contribution in [3.8, 4) is 0 Å². The molecule has 1 heterocycles. The van der Waals surface area contributed by atoms with Crippen molar-refractivity contribution in [1.82, 2.24) is 4.90 Å². The first-order valence-electron chi connectivity index (χ1n) is 7.79. The highest BCUT2D eigenvalue weighted by molar-refractivity contribution is 9.10. The molecule has 2 aliphatic rings. The molecule has 3 nitrogen and oxygen atoms in total. The van der Waals surface area contributed by atoms with Gasteiger partial charge in [-0.1, -0.05) is 47.3 Å². The SMILES string of the molecule is O=C(O)[C@@H]1CN(Cc2ccc(Br)cc2)CC12CCCCC2. The second-order valence-corrected chi connectivity index (χ2v) is 7.53. The van der Waals surface area contributed by atoms with Crippen LogP contribution in [0.3, 0.4) is 0 Å². The first-order valence-corrected chi connectivity index (χ1v) is 8.58. The number of benzene rings is 1. The molecule has 1 aromatic rings. The smallest absolute Gasteiger partial charge is 0.308 e. The third kappa shape index (κ3) is 3.16. The largest absolute Gasteiger partial charge is 0.481 e. The number of halogens is 1. The van der Waals surface area contributed by atoms with E-state index in [0.717, 1.165) is 30.4 Å². The van der Waals surface area contributed by atoms with Gasteiger partial charge in [0, 0.05) is 24.1 Å². The number of carboxylic acids is 1. The third-order valence-electron chi connectivity index (χ3n) is 5.19. The Morgan fingerprint density at radius 3 is 2.52 bits per heavy atom. The van der Waals surface area contributed by atoms with Crippen molar-refractivity contribution in [2.24, 2.45) is 11.3 Å². The molecule has 3 rings (SSSR count). The molecule has 1 atom stereocenters. The third-order valence-corrected chi connectivity index (χ3v) is 5.71. The van der Waals surface area contributed by atoms with Gasteiger partial charge in [-0.25, -0.2) is 0 Å². The van der Waals surface area contributed by atoms with Crippen LogP contribution in [0, 0.1) is 11.3 Å². The molecular formula is C17H22BrNO2. The highest BCUT2D eigenvalue weighted by Gasteiger charge is 2.50. The van der Waals surface area contributed by atoms with Gasteiger partial charge in [-0.05, 0) is 36.0 Å². The number of likely N-dealkylation sites (tertiary alicyclic amines) is 1. The maximum Gasteiger partial charge on any atom is 0.308 e. The number of hydrogen-bond donors (Lipinski definition) is 1. The average molecular weight is 352 g/mol. The van der Waals surface area contributed by atoms with Crippen LogP contribution in [-0.4, -0.2) is 29.1 Å². The summed E-state index contributed by atoms with van der Waals surface area (Å²) in [5.74, 6) is -0.788. The number of carbonyl (C=O) groups is 1. The normalized spacial score (nSPS) is 25.3. The molecule has 1 spiro atoms. The van der Waals surface area contributed by atoms with Gasteiger partial charge in [0.2, 0.25) is 0 Å². The molecule has 1 N–H and O–H groups in total. The fraction of sp³-hybridized carbons (Fsp3) is 0.588. The van der Waals surface area contributed by atoms with E-state index in [2.05, 4.69) is 45.1 Å². The average Bonchev–Trinajstić information content (AvgIpc) is 2.80. The molecule has 1 saturated heterocycles. The summed E-state index contributed by atoms with van der Waals surface area (Å²) in [5, 5.41) is 9.62. The van der Waals surface area contributed by atoms with Crippen LogP contribution in [0.15, 0.2) is 28.7 Å². The molecule has 0 unspecified atom stereocenters. The summed E-state index contributed by atoms with van der Waals surface area (Å²) in [7, 11) is 0. The van der Waals surface area contributed by atoms with Crippen molar-refractivity contribution >= 4 is 21.9 Å². The summed E-state index contributed by atoms with van der Waals surface area (Å²) in [6, 6.07) is 8.34. The zero-order valence-electron chi connectivity index (χ0n) is 12.2. The van der Waals surface area contributed by atoms with Crippen LogP contribution >= 0.6 is 15.9 Å². The van der Waals surface area contributed by atoms with E-state index < -0.39 is 5.97 Å². The van der Waals surface area contributed by atoms with E-state index in [1.807, 2.05) is 0 Å². The van der Waals surface area contributed by atoms with Crippen LogP contribution in [0.2, 0.25) is 0 Å². The van der Waals surface area contributed by atoms with E-state index >= 15 is 0 Å². The minimum atomic E-state index is -0.602. The Morgan fingerprint density at radius 2 is 1.90 bits per heavy atom. The summed E-state index contributed by atoms with van der Waals surface area (Å²) < 4.78 is 1.08. The Labute approximate surface area is 134 Å². The molecular weight excluding hydrogens is 330 g/mol. The Bertz CT molecular complexity index is 508. The van der Waals surface area contributed by atoms with E-state index in [1.165, 1.54) is 24.8 Å². The first kappa shape index (κ1) is 15.0. The highest BCUT2D eigenvalue weighted by Crippen LogP contribution is 2.47. The molecule has 1 aromatic carbocycles. The fourth-order valence-corrected chi connectivity index (χ4v) is 4.41. The summed E-state index contributed by atoms with van der Waals surface area (Å²) in [6.07, 6.45) is 5.81. The van der Waals surface area contributed by atoms with Gasteiger partial charge in [-0.2, -0.15) is 0 Å². The lowest BCUT2D eigenvalue weighted by Crippen LogP contribution is -2.36. The molecule has 2 fully saturated rings. The van der Waals surface area contributed by atoms with Crippen LogP contribution in [0.25, 0.3) is 0 Å². The maximum atomic E-state index is 11.7. The molecule has 114 valence electrons. The Morgan fingerprint density at radius 1 is 1.24 bits per heavy atom. The lowest BCUT2D eigenvalue weighted by atomic mass is 9.68. The van der Waals surface area contributed by atoms with Crippen molar-refractivity contribution in [2.75, 3.05) is 13.1 Å². The molecule has 0 aromatic heterocycles. The van der Waals surface area contributed by atoms with Crippen molar-refractivity contribution < 1.29 is 9.90 Å². The molecule has 0 radical (unpaired) electrons. The van der Waals surface area contributed by atoms with Gasteiger partial charge in [0.05, 0.1) is 5.92 Å². The van der Waals surface area contributed by atoms with Crippen molar-refractivity contribution in [1.29, 1.82) is 0 Å². The van der Waals surface area contributed by atoms with Crippen molar-refractivity contribution in [2.45, 2.75) is 38.6 Å². The maximum absolute atomic E-state index is 11.7. The molecule has 21 heavy (non-hydrogen) atoms. The minimum absolute atomic E-state index is 0.0272. The Kier molecular flexibility index (Phi) is 4.36. The van der Waals surface area contributed by atoms with Crippen LogP contribution in [-0.2, 0) is 11.3 Å². The van der Waals surface area contributed by atoms with E-state index in [9.17, 15) is 9.90 Å². The van der Waals surface area contributed by atoms with Gasteiger partial charge >= 0.3 is 5.97 Å². The number of nitrogens with zero attached hydrogens (tertiary/aromatic N) is 1. The van der Waals surface area contributed by atoms with Gasteiger partial charge in [-0.3, -0.25) is 9.69 Å². The first-order chi connectivity index (χ1) is 10.1. The van der Waals surface area contributed by atoms with Crippen LogP contribution < -0.4 is 0 Å².